The third-order valence-corrected chi connectivity index (χ3v) is 5.49. The van der Waals surface area contributed by atoms with Crippen LogP contribution in [0.5, 0.6) is 0 Å². The summed E-state index contributed by atoms with van der Waals surface area (Å²) in [5.41, 5.74) is 4.27. The molecular formula is C22H26N4O. The van der Waals surface area contributed by atoms with E-state index in [1.807, 2.05) is 18.3 Å². The fraction of sp³-hybridized carbons (Fsp3) is 0.409. The summed E-state index contributed by atoms with van der Waals surface area (Å²) in [4.78, 5) is 16.5. The number of hydrogen-bond donors (Lipinski definition) is 1. The quantitative estimate of drug-likeness (QED) is 0.661. The van der Waals surface area contributed by atoms with Crippen molar-refractivity contribution in [3.63, 3.8) is 0 Å². The van der Waals surface area contributed by atoms with Crippen LogP contribution in [0, 0.1) is 11.8 Å². The molecule has 2 aromatic heterocycles. The van der Waals surface area contributed by atoms with Crippen molar-refractivity contribution in [2.75, 3.05) is 5.32 Å². The first kappa shape index (κ1) is 17.7. The second-order valence-corrected chi connectivity index (χ2v) is 7.47. The van der Waals surface area contributed by atoms with Gasteiger partial charge in [-0.2, -0.15) is 4.98 Å². The molecule has 2 heterocycles. The van der Waals surface area contributed by atoms with Crippen molar-refractivity contribution in [3.05, 3.63) is 48.2 Å². The zero-order chi connectivity index (χ0) is 18.8. The summed E-state index contributed by atoms with van der Waals surface area (Å²) in [5, 5.41) is 7.24. The lowest BCUT2D eigenvalue weighted by Crippen LogP contribution is -2.14. The molecule has 27 heavy (non-hydrogen) atoms. The molecular weight excluding hydrogens is 336 g/mol. The Labute approximate surface area is 159 Å². The maximum Gasteiger partial charge on any atom is 0.249 e. The van der Waals surface area contributed by atoms with Gasteiger partial charge in [0.05, 0.1) is 0 Å². The molecule has 0 bridgehead atoms. The van der Waals surface area contributed by atoms with Crippen LogP contribution in [0.15, 0.2) is 42.6 Å². The summed E-state index contributed by atoms with van der Waals surface area (Å²) < 4.78 is 1.73. The van der Waals surface area contributed by atoms with E-state index in [2.05, 4.69) is 53.5 Å². The van der Waals surface area contributed by atoms with Gasteiger partial charge in [0.15, 0.2) is 5.65 Å². The maximum atomic E-state index is 12.0. The Morgan fingerprint density at radius 2 is 1.93 bits per heavy atom. The molecule has 1 fully saturated rings. The molecule has 0 aliphatic heterocycles. The number of nitrogens with one attached hydrogen (secondary N) is 1. The van der Waals surface area contributed by atoms with Gasteiger partial charge in [-0.25, -0.2) is 4.52 Å². The van der Waals surface area contributed by atoms with E-state index in [4.69, 9.17) is 0 Å². The van der Waals surface area contributed by atoms with Crippen LogP contribution >= 0.6 is 0 Å². The van der Waals surface area contributed by atoms with Crippen LogP contribution in [0.3, 0.4) is 0 Å². The number of carbonyl (C=O) groups is 1. The highest BCUT2D eigenvalue weighted by atomic mass is 16.2. The van der Waals surface area contributed by atoms with Crippen molar-refractivity contribution in [1.82, 2.24) is 14.6 Å². The second-order valence-electron chi connectivity index (χ2n) is 7.47. The summed E-state index contributed by atoms with van der Waals surface area (Å²) in [6.07, 6.45) is 7.35. The number of nitrogens with zero attached hydrogens (tertiary/aromatic N) is 3. The SMILES string of the molecule is CCC(CC)Cc1ccc(-c2cccn3nc(NC(=O)C4CC4)nc23)cc1. The predicted molar refractivity (Wildman–Crippen MR) is 108 cm³/mol. The first-order valence-corrected chi connectivity index (χ1v) is 9.93. The van der Waals surface area contributed by atoms with E-state index in [-0.39, 0.29) is 11.8 Å². The molecule has 1 aliphatic rings. The molecule has 0 spiro atoms. The van der Waals surface area contributed by atoms with Crippen LogP contribution in [0.1, 0.15) is 45.1 Å². The third kappa shape index (κ3) is 3.87. The van der Waals surface area contributed by atoms with E-state index >= 15 is 0 Å². The number of rotatable bonds is 7. The van der Waals surface area contributed by atoms with Gasteiger partial charge in [-0.15, -0.1) is 5.10 Å². The minimum atomic E-state index is 0.0261. The van der Waals surface area contributed by atoms with E-state index in [9.17, 15) is 4.79 Å². The van der Waals surface area contributed by atoms with E-state index in [0.717, 1.165) is 42.0 Å². The summed E-state index contributed by atoms with van der Waals surface area (Å²) in [6, 6.07) is 12.7. The minimum absolute atomic E-state index is 0.0261. The van der Waals surface area contributed by atoms with Crippen LogP contribution < -0.4 is 5.32 Å². The predicted octanol–water partition coefficient (Wildman–Crippen LogP) is 4.72. The molecule has 1 aliphatic carbocycles. The highest BCUT2D eigenvalue weighted by molar-refractivity contribution is 5.93. The average molecular weight is 362 g/mol. The van der Waals surface area contributed by atoms with Crippen molar-refractivity contribution in [2.45, 2.75) is 46.0 Å². The molecule has 1 aromatic carbocycles. The zero-order valence-electron chi connectivity index (χ0n) is 16.0. The van der Waals surface area contributed by atoms with Gasteiger partial charge in [-0.3, -0.25) is 10.1 Å². The number of hydrogen-bond acceptors (Lipinski definition) is 3. The summed E-state index contributed by atoms with van der Waals surface area (Å²) in [7, 11) is 0. The fourth-order valence-corrected chi connectivity index (χ4v) is 3.47. The smallest absolute Gasteiger partial charge is 0.249 e. The van der Waals surface area contributed by atoms with Crippen LogP contribution in [0.25, 0.3) is 16.8 Å². The van der Waals surface area contributed by atoms with Gasteiger partial charge in [-0.1, -0.05) is 51.0 Å². The number of benzene rings is 1. The minimum Gasteiger partial charge on any atom is -0.293 e. The second kappa shape index (κ2) is 7.51. The first-order valence-electron chi connectivity index (χ1n) is 9.93. The van der Waals surface area contributed by atoms with Crippen molar-refractivity contribution in [3.8, 4) is 11.1 Å². The Bertz CT molecular complexity index is 937. The van der Waals surface area contributed by atoms with Gasteiger partial charge in [0.1, 0.15) is 0 Å². The first-order chi connectivity index (χ1) is 13.2. The molecule has 0 saturated heterocycles. The number of amides is 1. The lowest BCUT2D eigenvalue weighted by Gasteiger charge is -2.12. The summed E-state index contributed by atoms with van der Waals surface area (Å²) >= 11 is 0. The number of anilines is 1. The molecule has 0 unspecified atom stereocenters. The molecule has 140 valence electrons. The van der Waals surface area contributed by atoms with E-state index in [1.165, 1.54) is 18.4 Å². The number of fused-ring (bicyclic) bond motifs is 1. The van der Waals surface area contributed by atoms with Crippen molar-refractivity contribution in [2.24, 2.45) is 11.8 Å². The molecule has 5 nitrogen and oxygen atoms in total. The Hall–Kier alpha value is -2.69. The van der Waals surface area contributed by atoms with Gasteiger partial charge in [0.2, 0.25) is 11.9 Å². The standard InChI is InChI=1S/C22H26N4O/c1-3-15(4-2)14-16-7-9-17(10-8-16)19-6-5-13-26-20(19)23-22(25-26)24-21(27)18-11-12-18/h5-10,13,15,18H,3-4,11-12,14H2,1-2H3,(H,24,25,27). The highest BCUT2D eigenvalue weighted by Gasteiger charge is 2.30. The Morgan fingerprint density at radius 3 is 2.59 bits per heavy atom. The number of aromatic nitrogens is 3. The lowest BCUT2D eigenvalue weighted by atomic mass is 9.93. The van der Waals surface area contributed by atoms with Crippen molar-refractivity contribution < 1.29 is 4.79 Å². The number of carbonyl (C=O) groups excluding carboxylic acids is 1. The average Bonchev–Trinajstić information content (AvgIpc) is 3.46. The topological polar surface area (TPSA) is 59.3 Å². The maximum absolute atomic E-state index is 12.0. The van der Waals surface area contributed by atoms with Crippen LogP contribution in [0.4, 0.5) is 5.95 Å². The van der Waals surface area contributed by atoms with E-state index < -0.39 is 0 Å². The van der Waals surface area contributed by atoms with Gasteiger partial charge in [0, 0.05) is 17.7 Å². The van der Waals surface area contributed by atoms with Gasteiger partial charge in [-0.05, 0) is 48.4 Å². The number of pyridine rings is 1. The van der Waals surface area contributed by atoms with Crippen LogP contribution in [-0.2, 0) is 11.2 Å². The molecule has 3 aromatic rings. The summed E-state index contributed by atoms with van der Waals surface area (Å²) in [5.74, 6) is 1.29. The third-order valence-electron chi connectivity index (χ3n) is 5.49. The van der Waals surface area contributed by atoms with E-state index in [1.54, 1.807) is 4.52 Å². The Balaban J connectivity index is 1.59. The largest absolute Gasteiger partial charge is 0.293 e. The fourth-order valence-electron chi connectivity index (χ4n) is 3.47. The molecule has 5 heteroatoms. The molecule has 1 N–H and O–H groups in total. The molecule has 0 radical (unpaired) electrons. The van der Waals surface area contributed by atoms with Gasteiger partial charge in [0.25, 0.3) is 0 Å². The zero-order valence-corrected chi connectivity index (χ0v) is 16.0. The van der Waals surface area contributed by atoms with Crippen molar-refractivity contribution >= 4 is 17.5 Å². The highest BCUT2D eigenvalue weighted by Crippen LogP contribution is 2.30. The Morgan fingerprint density at radius 1 is 1.19 bits per heavy atom. The van der Waals surface area contributed by atoms with Gasteiger partial charge >= 0.3 is 0 Å². The van der Waals surface area contributed by atoms with Gasteiger partial charge < -0.3 is 0 Å². The molecule has 4 rings (SSSR count). The monoisotopic (exact) mass is 362 g/mol. The molecule has 0 atom stereocenters. The Kier molecular flexibility index (Phi) is 4.92. The normalized spacial score (nSPS) is 14.0. The molecule has 1 saturated carbocycles. The van der Waals surface area contributed by atoms with E-state index in [0.29, 0.717) is 5.95 Å². The van der Waals surface area contributed by atoms with Crippen LogP contribution in [-0.4, -0.2) is 20.5 Å². The summed E-state index contributed by atoms with van der Waals surface area (Å²) in [6.45, 7) is 4.52. The van der Waals surface area contributed by atoms with Crippen molar-refractivity contribution in [1.29, 1.82) is 0 Å². The lowest BCUT2D eigenvalue weighted by molar-refractivity contribution is -0.117. The molecule has 1 amide bonds. The van der Waals surface area contributed by atoms with Crippen LogP contribution in [0.2, 0.25) is 0 Å².